The predicted molar refractivity (Wildman–Crippen MR) is 127 cm³/mol. The summed E-state index contributed by atoms with van der Waals surface area (Å²) in [5.41, 5.74) is 6.51. The molecule has 0 radical (unpaired) electrons. The number of esters is 1. The molecule has 0 aromatic carbocycles. The molecule has 30 heavy (non-hydrogen) atoms. The lowest BCUT2D eigenvalue weighted by molar-refractivity contribution is -0.141. The van der Waals surface area contributed by atoms with Gasteiger partial charge >= 0.3 is 5.97 Å². The first-order valence-electron chi connectivity index (χ1n) is 11.0. The minimum atomic E-state index is -0.204. The van der Waals surface area contributed by atoms with Crippen molar-refractivity contribution in [1.29, 1.82) is 0 Å². The lowest BCUT2D eigenvalue weighted by atomic mass is 10.0. The molecule has 0 aliphatic heterocycles. The molecule has 3 nitrogen and oxygen atoms in total. The van der Waals surface area contributed by atoms with Gasteiger partial charge in [0.2, 0.25) is 0 Å². The number of rotatable bonds is 13. The minimum Gasteiger partial charge on any atom is -0.461 e. The molecule has 1 aromatic heterocycles. The summed E-state index contributed by atoms with van der Waals surface area (Å²) in [7, 11) is 0. The fraction of sp³-hybridized carbons (Fsp3) is 0.481. The van der Waals surface area contributed by atoms with E-state index >= 15 is 0 Å². The number of ether oxygens (including phenoxy) is 1. The number of carbonyl (C=O) groups is 1. The Balaban J connectivity index is 2.21. The summed E-state index contributed by atoms with van der Waals surface area (Å²) in [5.74, 6) is -0.204. The summed E-state index contributed by atoms with van der Waals surface area (Å²) in [6.45, 7) is 11.2. The van der Waals surface area contributed by atoms with Crippen LogP contribution in [0.15, 0.2) is 71.1 Å². The van der Waals surface area contributed by atoms with Gasteiger partial charge in [-0.2, -0.15) is 0 Å². The van der Waals surface area contributed by atoms with E-state index in [2.05, 4.69) is 57.8 Å². The zero-order valence-electron chi connectivity index (χ0n) is 19.5. The van der Waals surface area contributed by atoms with Crippen LogP contribution in [0.25, 0.3) is 0 Å². The summed E-state index contributed by atoms with van der Waals surface area (Å²) in [6, 6.07) is 3.66. The molecule has 0 unspecified atom stereocenters. The van der Waals surface area contributed by atoms with E-state index in [0.717, 1.165) is 44.1 Å². The maximum atomic E-state index is 11.8. The molecule has 0 saturated heterocycles. The Bertz CT molecular complexity index is 750. The monoisotopic (exact) mass is 409 g/mol. The number of allylic oxidation sites excluding steroid dienone is 7. The van der Waals surface area contributed by atoms with Gasteiger partial charge in [-0.05, 0) is 96.9 Å². The van der Waals surface area contributed by atoms with Crippen LogP contribution in [0.3, 0.4) is 0 Å². The fourth-order valence-electron chi connectivity index (χ4n) is 2.98. The van der Waals surface area contributed by atoms with E-state index in [1.54, 1.807) is 12.4 Å². The maximum absolute atomic E-state index is 11.8. The van der Waals surface area contributed by atoms with E-state index in [1.807, 2.05) is 18.2 Å². The van der Waals surface area contributed by atoms with Crippen LogP contribution >= 0.6 is 0 Å². The number of aromatic nitrogens is 1. The Morgan fingerprint density at radius 2 is 1.30 bits per heavy atom. The number of hydrogen-bond acceptors (Lipinski definition) is 3. The third-order valence-electron chi connectivity index (χ3n) is 4.93. The Morgan fingerprint density at radius 1 is 0.800 bits per heavy atom. The lowest BCUT2D eigenvalue weighted by Crippen LogP contribution is -2.08. The molecule has 0 atom stereocenters. The molecular weight excluding hydrogens is 370 g/mol. The van der Waals surface area contributed by atoms with E-state index in [0.29, 0.717) is 13.0 Å². The van der Waals surface area contributed by atoms with Crippen LogP contribution in [0, 0.1) is 0 Å². The highest BCUT2D eigenvalue weighted by molar-refractivity contribution is 5.72. The van der Waals surface area contributed by atoms with Gasteiger partial charge in [0.15, 0.2) is 0 Å². The number of pyridine rings is 1. The molecule has 3 heteroatoms. The van der Waals surface area contributed by atoms with Gasteiger partial charge in [0.05, 0.1) is 6.42 Å². The second-order valence-electron chi connectivity index (χ2n) is 8.26. The van der Waals surface area contributed by atoms with Gasteiger partial charge in [0.1, 0.15) is 6.61 Å². The van der Waals surface area contributed by atoms with Gasteiger partial charge in [-0.15, -0.1) is 0 Å². The summed E-state index contributed by atoms with van der Waals surface area (Å²) >= 11 is 0. The average molecular weight is 410 g/mol. The van der Waals surface area contributed by atoms with Crippen molar-refractivity contribution >= 4 is 5.97 Å². The van der Waals surface area contributed by atoms with Crippen LogP contribution in [0.2, 0.25) is 0 Å². The van der Waals surface area contributed by atoms with Crippen molar-refractivity contribution in [2.24, 2.45) is 0 Å². The van der Waals surface area contributed by atoms with Crippen LogP contribution in [-0.2, 0) is 16.0 Å². The van der Waals surface area contributed by atoms with Crippen molar-refractivity contribution in [3.8, 4) is 0 Å². The SMILES string of the molecule is CC(C)=CCC/C(C)=C/CC/C(C)=C/CC/C(C)=C/COC(=O)Cc1ccncc1. The van der Waals surface area contributed by atoms with Crippen LogP contribution in [-0.4, -0.2) is 17.6 Å². The first-order valence-corrected chi connectivity index (χ1v) is 11.0. The Morgan fingerprint density at radius 3 is 1.83 bits per heavy atom. The van der Waals surface area contributed by atoms with Gasteiger partial charge < -0.3 is 4.74 Å². The quantitative estimate of drug-likeness (QED) is 0.253. The summed E-state index contributed by atoms with van der Waals surface area (Å²) in [5, 5.41) is 0. The Kier molecular flexibility index (Phi) is 13.2. The standard InChI is InChI=1S/C27H39NO2/c1-22(2)9-6-10-23(3)11-7-12-24(4)13-8-14-25(5)17-20-30-27(29)21-26-15-18-28-19-16-26/h9,11,13,15-19H,6-8,10,12,14,20-21H2,1-5H3/b23-11+,24-13+,25-17+. The molecule has 0 saturated carbocycles. The Labute approximate surface area is 183 Å². The highest BCUT2D eigenvalue weighted by Crippen LogP contribution is 2.13. The third-order valence-corrected chi connectivity index (χ3v) is 4.93. The maximum Gasteiger partial charge on any atom is 0.310 e. The van der Waals surface area contributed by atoms with Crippen molar-refractivity contribution < 1.29 is 9.53 Å². The molecule has 0 spiro atoms. The van der Waals surface area contributed by atoms with E-state index in [9.17, 15) is 4.79 Å². The molecule has 1 heterocycles. The molecule has 0 fully saturated rings. The van der Waals surface area contributed by atoms with E-state index in [-0.39, 0.29) is 5.97 Å². The summed E-state index contributed by atoms with van der Waals surface area (Å²) in [4.78, 5) is 15.8. The van der Waals surface area contributed by atoms with Crippen molar-refractivity contribution in [2.45, 2.75) is 79.6 Å². The fourth-order valence-corrected chi connectivity index (χ4v) is 2.98. The minimum absolute atomic E-state index is 0.204. The summed E-state index contributed by atoms with van der Waals surface area (Å²) in [6.07, 6.45) is 19.2. The Hall–Kier alpha value is -2.42. The first kappa shape index (κ1) is 25.6. The molecule has 1 rings (SSSR count). The molecule has 0 aliphatic carbocycles. The highest BCUT2D eigenvalue weighted by Gasteiger charge is 2.03. The average Bonchev–Trinajstić information content (AvgIpc) is 2.68. The molecule has 0 amide bonds. The summed E-state index contributed by atoms with van der Waals surface area (Å²) < 4.78 is 5.30. The van der Waals surface area contributed by atoms with Gasteiger partial charge in [-0.3, -0.25) is 9.78 Å². The number of hydrogen-bond donors (Lipinski definition) is 0. The van der Waals surface area contributed by atoms with Crippen LogP contribution in [0.1, 0.15) is 78.7 Å². The van der Waals surface area contributed by atoms with Crippen LogP contribution in [0.5, 0.6) is 0 Å². The van der Waals surface area contributed by atoms with Gasteiger partial charge in [-0.25, -0.2) is 0 Å². The zero-order valence-corrected chi connectivity index (χ0v) is 19.5. The normalized spacial score (nSPS) is 12.6. The molecular formula is C27H39NO2. The third kappa shape index (κ3) is 13.7. The van der Waals surface area contributed by atoms with Gasteiger partial charge in [-0.1, -0.05) is 40.5 Å². The molecule has 164 valence electrons. The van der Waals surface area contributed by atoms with Crippen molar-refractivity contribution in [1.82, 2.24) is 4.98 Å². The van der Waals surface area contributed by atoms with Gasteiger partial charge in [0.25, 0.3) is 0 Å². The molecule has 0 aliphatic rings. The zero-order chi connectivity index (χ0) is 22.2. The smallest absolute Gasteiger partial charge is 0.310 e. The van der Waals surface area contributed by atoms with Crippen molar-refractivity contribution in [2.75, 3.05) is 6.61 Å². The number of nitrogens with zero attached hydrogens (tertiary/aromatic N) is 1. The van der Waals surface area contributed by atoms with E-state index < -0.39 is 0 Å². The molecule has 0 bridgehead atoms. The first-order chi connectivity index (χ1) is 14.4. The van der Waals surface area contributed by atoms with E-state index in [1.165, 1.54) is 22.3 Å². The largest absolute Gasteiger partial charge is 0.461 e. The van der Waals surface area contributed by atoms with Crippen molar-refractivity contribution in [3.63, 3.8) is 0 Å². The topological polar surface area (TPSA) is 39.2 Å². The highest BCUT2D eigenvalue weighted by atomic mass is 16.5. The molecule has 0 N–H and O–H groups in total. The second-order valence-corrected chi connectivity index (χ2v) is 8.26. The number of carbonyl (C=O) groups excluding carboxylic acids is 1. The second kappa shape index (κ2) is 15.4. The van der Waals surface area contributed by atoms with Crippen LogP contribution in [0.4, 0.5) is 0 Å². The van der Waals surface area contributed by atoms with Crippen LogP contribution < -0.4 is 0 Å². The molecule has 1 aromatic rings. The lowest BCUT2D eigenvalue weighted by Gasteiger charge is -2.04. The van der Waals surface area contributed by atoms with Crippen molar-refractivity contribution in [3.05, 3.63) is 76.7 Å². The van der Waals surface area contributed by atoms with E-state index in [4.69, 9.17) is 4.74 Å². The van der Waals surface area contributed by atoms with Gasteiger partial charge in [0, 0.05) is 12.4 Å². The predicted octanol–water partition coefficient (Wildman–Crippen LogP) is 7.31.